The Kier molecular flexibility index (Phi) is 4.15. The van der Waals surface area contributed by atoms with Crippen LogP contribution in [0.4, 0.5) is 9.93 Å². The molecule has 2 rings (SSSR count). The minimum Gasteiger partial charge on any atom is -0.409 e. The Hall–Kier alpha value is -2.06. The van der Waals surface area contributed by atoms with Crippen molar-refractivity contribution in [3.05, 3.63) is 35.8 Å². The van der Waals surface area contributed by atoms with Crippen LogP contribution in [-0.2, 0) is 0 Å². The fraction of sp³-hybridized carbons (Fsp3) is 0. The molecule has 0 radical (unpaired) electrons. The van der Waals surface area contributed by atoms with Gasteiger partial charge in [0.25, 0.3) is 0 Å². The van der Waals surface area contributed by atoms with Crippen LogP contribution in [0.25, 0.3) is 0 Å². The molecule has 1 N–H and O–H groups in total. The largest absolute Gasteiger partial charge is 0.439 e. The van der Waals surface area contributed by atoms with Gasteiger partial charge in [-0.15, -0.1) is 10.2 Å². The third-order valence-electron chi connectivity index (χ3n) is 1.83. The van der Waals surface area contributed by atoms with Gasteiger partial charge in [-0.2, -0.15) is 5.01 Å². The van der Waals surface area contributed by atoms with E-state index in [1.54, 1.807) is 24.3 Å². The van der Waals surface area contributed by atoms with Crippen molar-refractivity contribution >= 4 is 40.3 Å². The van der Waals surface area contributed by atoms with Crippen molar-refractivity contribution in [2.45, 2.75) is 0 Å². The number of nitrogens with one attached hydrogen (secondary N) is 1. The van der Waals surface area contributed by atoms with Crippen molar-refractivity contribution < 1.29 is 9.53 Å². The highest BCUT2D eigenvalue weighted by Crippen LogP contribution is 2.12. The summed E-state index contributed by atoms with van der Waals surface area (Å²) in [5.41, 5.74) is 5.34. The van der Waals surface area contributed by atoms with Crippen molar-refractivity contribution in [1.82, 2.24) is 15.2 Å². The lowest BCUT2D eigenvalue weighted by molar-refractivity contribution is 0.183. The Balaban J connectivity index is 2.00. The van der Waals surface area contributed by atoms with Gasteiger partial charge in [-0.3, -0.25) is 5.43 Å². The molecule has 6 nitrogen and oxygen atoms in total. The molecule has 0 aliphatic rings. The Bertz CT molecular complexity index is 518. The zero-order valence-electron chi connectivity index (χ0n) is 9.02. The molecule has 0 bridgehead atoms. The van der Waals surface area contributed by atoms with E-state index in [1.165, 1.54) is 16.8 Å². The molecule has 92 valence electrons. The summed E-state index contributed by atoms with van der Waals surface area (Å²) in [6.07, 6.45) is -0.647. The summed E-state index contributed by atoms with van der Waals surface area (Å²) in [4.78, 5) is 11.8. The molecular formula is C10H8N4O2S2. The minimum atomic E-state index is -0.647. The maximum Gasteiger partial charge on any atom is 0.439 e. The van der Waals surface area contributed by atoms with Gasteiger partial charge in [0.15, 0.2) is 0 Å². The maximum atomic E-state index is 11.8. The van der Waals surface area contributed by atoms with Crippen LogP contribution >= 0.6 is 23.6 Å². The molecule has 1 amide bonds. The molecule has 1 aromatic carbocycles. The second-order valence-electron chi connectivity index (χ2n) is 3.01. The van der Waals surface area contributed by atoms with Crippen LogP contribution in [0, 0.1) is 0 Å². The third-order valence-corrected chi connectivity index (χ3v) is 2.63. The second-order valence-corrected chi connectivity index (χ2v) is 4.06. The molecule has 1 heterocycles. The quantitative estimate of drug-likeness (QED) is 0.685. The highest BCUT2D eigenvalue weighted by molar-refractivity contribution is 7.78. The van der Waals surface area contributed by atoms with Crippen LogP contribution in [0.1, 0.15) is 0 Å². The molecule has 0 saturated heterocycles. The van der Waals surface area contributed by atoms with Gasteiger partial charge < -0.3 is 4.74 Å². The Morgan fingerprint density at radius 2 is 2.22 bits per heavy atom. The molecule has 0 aliphatic carbocycles. The number of thiocarbonyl (C=S) groups is 1. The van der Waals surface area contributed by atoms with Gasteiger partial charge in [0.05, 0.1) is 5.49 Å². The Labute approximate surface area is 112 Å². The van der Waals surface area contributed by atoms with E-state index in [2.05, 4.69) is 15.6 Å². The Morgan fingerprint density at radius 3 is 2.83 bits per heavy atom. The lowest BCUT2D eigenvalue weighted by atomic mass is 10.3. The summed E-state index contributed by atoms with van der Waals surface area (Å²) in [6.45, 7) is 0. The zero-order valence-corrected chi connectivity index (χ0v) is 10.6. The van der Waals surface area contributed by atoms with E-state index in [9.17, 15) is 4.79 Å². The first-order valence-electron chi connectivity index (χ1n) is 4.84. The number of anilines is 1. The summed E-state index contributed by atoms with van der Waals surface area (Å²) >= 11 is 5.97. The Morgan fingerprint density at radius 1 is 1.44 bits per heavy atom. The molecule has 0 fully saturated rings. The molecule has 0 spiro atoms. The van der Waals surface area contributed by atoms with Crippen LogP contribution < -0.4 is 10.2 Å². The van der Waals surface area contributed by atoms with E-state index in [-0.39, 0.29) is 0 Å². The molecule has 18 heavy (non-hydrogen) atoms. The molecule has 0 aliphatic heterocycles. The molecule has 0 unspecified atom stereocenters. The molecule has 0 saturated carbocycles. The predicted octanol–water partition coefficient (Wildman–Crippen LogP) is 2.32. The number of para-hydroxylation sites is 1. The van der Waals surface area contributed by atoms with E-state index in [0.717, 1.165) is 10.5 Å². The van der Waals surface area contributed by atoms with E-state index in [4.69, 9.17) is 17.0 Å². The van der Waals surface area contributed by atoms with Gasteiger partial charge >= 0.3 is 6.09 Å². The number of carbonyl (C=O) groups excluding carboxylic acids is 1. The summed E-state index contributed by atoms with van der Waals surface area (Å²) < 4.78 is 5.10. The summed E-state index contributed by atoms with van der Waals surface area (Å²) in [6, 6.07) is 8.70. The van der Waals surface area contributed by atoms with E-state index < -0.39 is 6.09 Å². The number of rotatable bonds is 4. The van der Waals surface area contributed by atoms with E-state index >= 15 is 0 Å². The summed E-state index contributed by atoms with van der Waals surface area (Å²) in [5, 5.41) is 8.83. The van der Waals surface area contributed by atoms with Crippen molar-refractivity contribution in [1.29, 1.82) is 0 Å². The second kappa shape index (κ2) is 6.03. The number of nitrogens with zero attached hydrogens (tertiary/aromatic N) is 3. The van der Waals surface area contributed by atoms with Crippen LogP contribution in [-0.4, -0.2) is 26.8 Å². The smallest absolute Gasteiger partial charge is 0.409 e. The fourth-order valence-electron chi connectivity index (χ4n) is 1.08. The summed E-state index contributed by atoms with van der Waals surface area (Å²) in [5.74, 6) is 0.434. The summed E-state index contributed by atoms with van der Waals surface area (Å²) in [7, 11) is 0. The average molecular weight is 280 g/mol. The lowest BCUT2D eigenvalue weighted by Crippen LogP contribution is -2.36. The van der Waals surface area contributed by atoms with Crippen molar-refractivity contribution in [2.24, 2.45) is 0 Å². The number of benzene rings is 1. The number of hydrazine groups is 1. The van der Waals surface area contributed by atoms with Gasteiger partial charge in [0.1, 0.15) is 11.3 Å². The van der Waals surface area contributed by atoms with Gasteiger partial charge in [0.2, 0.25) is 5.13 Å². The van der Waals surface area contributed by atoms with Crippen LogP contribution in [0.2, 0.25) is 0 Å². The first kappa shape index (κ1) is 12.4. The maximum absolute atomic E-state index is 11.8. The molecule has 2 aromatic rings. The minimum absolute atomic E-state index is 0.434. The van der Waals surface area contributed by atoms with Gasteiger partial charge in [-0.05, 0) is 12.1 Å². The van der Waals surface area contributed by atoms with Crippen LogP contribution in [0.5, 0.6) is 5.75 Å². The third kappa shape index (κ3) is 3.22. The van der Waals surface area contributed by atoms with Gasteiger partial charge in [-0.1, -0.05) is 41.8 Å². The predicted molar refractivity (Wildman–Crippen MR) is 71.5 cm³/mol. The number of aromatic nitrogens is 2. The zero-order chi connectivity index (χ0) is 12.8. The standard InChI is InChI=1S/C10H8N4O2S2/c15-10(16-8-4-2-1-3-5-8)14(7-17)13-9-12-11-6-18-9/h1-7H,(H,12,13). The van der Waals surface area contributed by atoms with Gasteiger partial charge in [-0.25, -0.2) is 4.79 Å². The molecule has 1 aromatic heterocycles. The van der Waals surface area contributed by atoms with Crippen molar-refractivity contribution in [3.63, 3.8) is 0 Å². The van der Waals surface area contributed by atoms with Gasteiger partial charge in [0, 0.05) is 0 Å². The normalized spacial score (nSPS) is 9.56. The van der Waals surface area contributed by atoms with Crippen LogP contribution in [0.15, 0.2) is 35.8 Å². The van der Waals surface area contributed by atoms with Crippen molar-refractivity contribution in [3.8, 4) is 5.75 Å². The SMILES string of the molecule is O=C(Oc1ccccc1)N(C=S)Nc1nncs1. The number of amides is 1. The number of ether oxygens (including phenoxy) is 1. The topological polar surface area (TPSA) is 67.3 Å². The fourth-order valence-corrected chi connectivity index (χ4v) is 1.66. The molecular weight excluding hydrogens is 272 g/mol. The molecule has 8 heteroatoms. The first-order valence-corrected chi connectivity index (χ1v) is 6.19. The number of hydrogen-bond donors (Lipinski definition) is 1. The van der Waals surface area contributed by atoms with E-state index in [1.807, 2.05) is 6.07 Å². The van der Waals surface area contributed by atoms with Crippen LogP contribution in [0.3, 0.4) is 0 Å². The molecule has 0 atom stereocenters. The number of carbonyl (C=O) groups is 1. The highest BCUT2D eigenvalue weighted by Gasteiger charge is 2.14. The average Bonchev–Trinajstić information content (AvgIpc) is 2.90. The lowest BCUT2D eigenvalue weighted by Gasteiger charge is -2.16. The van der Waals surface area contributed by atoms with E-state index in [0.29, 0.717) is 10.9 Å². The monoisotopic (exact) mass is 280 g/mol. The van der Waals surface area contributed by atoms with Crippen molar-refractivity contribution in [2.75, 3.05) is 5.43 Å². The highest BCUT2D eigenvalue weighted by atomic mass is 32.1. The first-order chi connectivity index (χ1) is 8.79. The number of hydrogen-bond acceptors (Lipinski definition) is 7.